The zero-order chi connectivity index (χ0) is 9.97. The molecule has 14 heavy (non-hydrogen) atoms. The van der Waals surface area contributed by atoms with Crippen molar-refractivity contribution in [3.63, 3.8) is 0 Å². The Morgan fingerprint density at radius 2 is 2.36 bits per heavy atom. The third kappa shape index (κ3) is 1.66. The molecule has 0 saturated carbocycles. The maximum absolute atomic E-state index is 4.21. The van der Waals surface area contributed by atoms with Gasteiger partial charge in [0.25, 0.3) is 0 Å². The molecule has 2 heterocycles. The molecule has 1 aromatic heterocycles. The number of aryl methyl sites for hydroxylation is 1. The van der Waals surface area contributed by atoms with Gasteiger partial charge in [-0.15, -0.1) is 10.2 Å². The fraction of sp³-hybridized carbons (Fsp3) is 0.800. The van der Waals surface area contributed by atoms with E-state index in [1.54, 1.807) is 6.33 Å². The van der Waals surface area contributed by atoms with E-state index in [9.17, 15) is 0 Å². The third-order valence-electron chi connectivity index (χ3n) is 3.06. The second kappa shape index (κ2) is 4.09. The van der Waals surface area contributed by atoms with Crippen LogP contribution >= 0.6 is 0 Å². The Morgan fingerprint density at radius 3 is 3.00 bits per heavy atom. The van der Waals surface area contributed by atoms with Gasteiger partial charge in [-0.05, 0) is 25.9 Å². The van der Waals surface area contributed by atoms with Gasteiger partial charge >= 0.3 is 0 Å². The van der Waals surface area contributed by atoms with Gasteiger partial charge in [0.15, 0.2) is 0 Å². The van der Waals surface area contributed by atoms with Crippen LogP contribution in [0.2, 0.25) is 0 Å². The molecular weight excluding hydrogens is 176 g/mol. The molecular formula is C10H18N4. The fourth-order valence-corrected chi connectivity index (χ4v) is 2.26. The molecule has 0 aromatic carbocycles. The highest BCUT2D eigenvalue weighted by atomic mass is 15.3. The summed E-state index contributed by atoms with van der Waals surface area (Å²) in [6.07, 6.45) is 5.65. The Balaban J connectivity index is 2.19. The van der Waals surface area contributed by atoms with Crippen LogP contribution < -0.4 is 0 Å². The molecule has 0 aliphatic carbocycles. The molecule has 1 unspecified atom stereocenters. The van der Waals surface area contributed by atoms with Gasteiger partial charge in [0, 0.05) is 7.05 Å². The van der Waals surface area contributed by atoms with Crippen molar-refractivity contribution in [3.8, 4) is 0 Å². The number of piperidine rings is 1. The number of hydrogen-bond acceptors (Lipinski definition) is 3. The molecule has 1 aliphatic rings. The van der Waals surface area contributed by atoms with Crippen molar-refractivity contribution in [2.45, 2.75) is 32.2 Å². The van der Waals surface area contributed by atoms with Crippen LogP contribution in [0.3, 0.4) is 0 Å². The van der Waals surface area contributed by atoms with E-state index in [0.717, 1.165) is 12.4 Å². The molecule has 0 N–H and O–H groups in total. The summed E-state index contributed by atoms with van der Waals surface area (Å²) < 4.78 is 2.04. The lowest BCUT2D eigenvalue weighted by Crippen LogP contribution is -2.34. The van der Waals surface area contributed by atoms with Gasteiger partial charge in [-0.3, -0.25) is 4.90 Å². The number of nitrogens with zero attached hydrogens (tertiary/aromatic N) is 4. The first-order valence-corrected chi connectivity index (χ1v) is 5.41. The Labute approximate surface area is 84.9 Å². The summed E-state index contributed by atoms with van der Waals surface area (Å²) >= 11 is 0. The van der Waals surface area contributed by atoms with E-state index in [0.29, 0.717) is 6.04 Å². The fourth-order valence-electron chi connectivity index (χ4n) is 2.26. The average Bonchev–Trinajstić information content (AvgIpc) is 2.64. The molecule has 0 amide bonds. The highest BCUT2D eigenvalue weighted by Gasteiger charge is 2.25. The van der Waals surface area contributed by atoms with Crippen LogP contribution in [0.4, 0.5) is 0 Å². The molecule has 2 rings (SSSR count). The normalized spacial score (nSPS) is 24.0. The number of aromatic nitrogens is 3. The number of rotatable bonds is 2. The molecule has 4 nitrogen and oxygen atoms in total. The molecule has 78 valence electrons. The van der Waals surface area contributed by atoms with Crippen LogP contribution in [0.1, 0.15) is 38.1 Å². The van der Waals surface area contributed by atoms with Crippen molar-refractivity contribution in [2.24, 2.45) is 7.05 Å². The van der Waals surface area contributed by atoms with E-state index in [1.165, 1.54) is 25.8 Å². The van der Waals surface area contributed by atoms with E-state index in [2.05, 4.69) is 22.0 Å². The number of likely N-dealkylation sites (tertiary alicyclic amines) is 1. The van der Waals surface area contributed by atoms with Crippen LogP contribution in [0, 0.1) is 0 Å². The highest BCUT2D eigenvalue weighted by Crippen LogP contribution is 2.28. The molecule has 0 bridgehead atoms. The quantitative estimate of drug-likeness (QED) is 0.713. The smallest absolute Gasteiger partial charge is 0.149 e. The lowest BCUT2D eigenvalue weighted by atomic mass is 10.0. The molecule has 0 spiro atoms. The monoisotopic (exact) mass is 194 g/mol. The Kier molecular flexibility index (Phi) is 2.82. The standard InChI is InChI=1S/C10H18N4/c1-3-14-7-5-4-6-9(14)10-12-11-8-13(10)2/h8-9H,3-7H2,1-2H3. The minimum absolute atomic E-state index is 0.487. The van der Waals surface area contributed by atoms with Crippen molar-refractivity contribution >= 4 is 0 Å². The van der Waals surface area contributed by atoms with Crippen LogP contribution in [-0.4, -0.2) is 32.8 Å². The summed E-state index contributed by atoms with van der Waals surface area (Å²) in [7, 11) is 2.03. The third-order valence-corrected chi connectivity index (χ3v) is 3.06. The Hall–Kier alpha value is -0.900. The predicted octanol–water partition coefficient (Wildman–Crippen LogP) is 1.36. The maximum Gasteiger partial charge on any atom is 0.149 e. The minimum atomic E-state index is 0.487. The average molecular weight is 194 g/mol. The van der Waals surface area contributed by atoms with Gasteiger partial charge in [-0.25, -0.2) is 0 Å². The van der Waals surface area contributed by atoms with E-state index in [4.69, 9.17) is 0 Å². The maximum atomic E-state index is 4.21. The first-order chi connectivity index (χ1) is 6.83. The van der Waals surface area contributed by atoms with Gasteiger partial charge in [-0.1, -0.05) is 13.3 Å². The van der Waals surface area contributed by atoms with E-state index < -0.39 is 0 Å². The molecule has 1 saturated heterocycles. The van der Waals surface area contributed by atoms with E-state index >= 15 is 0 Å². The summed E-state index contributed by atoms with van der Waals surface area (Å²) in [6, 6.07) is 0.487. The largest absolute Gasteiger partial charge is 0.319 e. The van der Waals surface area contributed by atoms with E-state index in [1.807, 2.05) is 11.6 Å². The van der Waals surface area contributed by atoms with Gasteiger partial charge in [0.05, 0.1) is 6.04 Å². The van der Waals surface area contributed by atoms with Gasteiger partial charge in [0.1, 0.15) is 12.2 Å². The molecule has 0 radical (unpaired) electrons. The first kappa shape index (κ1) is 9.65. The highest BCUT2D eigenvalue weighted by molar-refractivity contribution is 4.96. The van der Waals surface area contributed by atoms with Crippen molar-refractivity contribution in [3.05, 3.63) is 12.2 Å². The zero-order valence-electron chi connectivity index (χ0n) is 8.98. The van der Waals surface area contributed by atoms with Gasteiger partial charge < -0.3 is 4.57 Å². The molecule has 1 atom stereocenters. The SMILES string of the molecule is CCN1CCCCC1c1nncn1C. The van der Waals surface area contributed by atoms with Crippen LogP contribution in [-0.2, 0) is 7.05 Å². The van der Waals surface area contributed by atoms with Crippen LogP contribution in [0.5, 0.6) is 0 Å². The van der Waals surface area contributed by atoms with Crippen LogP contribution in [0.25, 0.3) is 0 Å². The Bertz CT molecular complexity index is 294. The van der Waals surface area contributed by atoms with Crippen molar-refractivity contribution in [1.29, 1.82) is 0 Å². The topological polar surface area (TPSA) is 34.0 Å². The molecule has 1 fully saturated rings. The molecule has 1 aliphatic heterocycles. The lowest BCUT2D eigenvalue weighted by molar-refractivity contribution is 0.147. The van der Waals surface area contributed by atoms with Crippen molar-refractivity contribution < 1.29 is 0 Å². The summed E-state index contributed by atoms with van der Waals surface area (Å²) in [4.78, 5) is 2.49. The second-order valence-corrected chi connectivity index (χ2v) is 3.94. The van der Waals surface area contributed by atoms with Crippen LogP contribution in [0.15, 0.2) is 6.33 Å². The second-order valence-electron chi connectivity index (χ2n) is 3.94. The lowest BCUT2D eigenvalue weighted by Gasteiger charge is -2.33. The number of hydrogen-bond donors (Lipinski definition) is 0. The predicted molar refractivity (Wildman–Crippen MR) is 54.8 cm³/mol. The Morgan fingerprint density at radius 1 is 1.50 bits per heavy atom. The molecule has 4 heteroatoms. The summed E-state index contributed by atoms with van der Waals surface area (Å²) in [5.74, 6) is 1.12. The first-order valence-electron chi connectivity index (χ1n) is 5.41. The van der Waals surface area contributed by atoms with Gasteiger partial charge in [-0.2, -0.15) is 0 Å². The van der Waals surface area contributed by atoms with E-state index in [-0.39, 0.29) is 0 Å². The van der Waals surface area contributed by atoms with Gasteiger partial charge in [0.2, 0.25) is 0 Å². The summed E-state index contributed by atoms with van der Waals surface area (Å²) in [5.41, 5.74) is 0. The molecule has 1 aromatic rings. The van der Waals surface area contributed by atoms with Crippen molar-refractivity contribution in [1.82, 2.24) is 19.7 Å². The zero-order valence-corrected chi connectivity index (χ0v) is 8.98. The summed E-state index contributed by atoms with van der Waals surface area (Å²) in [5, 5.41) is 8.16. The summed E-state index contributed by atoms with van der Waals surface area (Å²) in [6.45, 7) is 4.53. The minimum Gasteiger partial charge on any atom is -0.319 e. The van der Waals surface area contributed by atoms with Crippen molar-refractivity contribution in [2.75, 3.05) is 13.1 Å².